The van der Waals surface area contributed by atoms with Gasteiger partial charge in [0, 0.05) is 37.7 Å². The second-order valence-electron chi connectivity index (χ2n) is 7.02. The van der Waals surface area contributed by atoms with Gasteiger partial charge in [-0.15, -0.1) is 18.2 Å². The predicted octanol–water partition coefficient (Wildman–Crippen LogP) is 2.35. The first-order valence-electron chi connectivity index (χ1n) is 9.06. The average Bonchev–Trinajstić information content (AvgIpc) is 3.23. The van der Waals surface area contributed by atoms with Crippen molar-refractivity contribution in [2.45, 2.75) is 0 Å². The zero-order chi connectivity index (χ0) is 19.3. The molecule has 5 rings (SSSR count). The van der Waals surface area contributed by atoms with Gasteiger partial charge in [-0.2, -0.15) is 0 Å². The van der Waals surface area contributed by atoms with Gasteiger partial charge in [0.2, 0.25) is 0 Å². The maximum absolute atomic E-state index is 7.20. The first-order valence-corrected chi connectivity index (χ1v) is 9.06. The Hall–Kier alpha value is -2.34. The molecule has 0 spiro atoms. The number of benzene rings is 3. The molecule has 6 heteroatoms. The molecule has 0 unspecified atom stereocenters. The second-order valence-corrected chi connectivity index (χ2v) is 7.02. The van der Waals surface area contributed by atoms with E-state index >= 15 is 0 Å². The number of rotatable bonds is 2. The van der Waals surface area contributed by atoms with Gasteiger partial charge in [-0.3, -0.25) is 4.98 Å². The van der Waals surface area contributed by atoms with Crippen LogP contribution in [0.25, 0.3) is 43.3 Å². The summed E-state index contributed by atoms with van der Waals surface area (Å²) in [6.45, 7) is 7.20. The molecule has 4 nitrogen and oxygen atoms in total. The Kier molecular flexibility index (Phi) is 6.55. The Morgan fingerprint density at radius 2 is 1.83 bits per heavy atom. The minimum atomic E-state index is 0. The molecule has 0 atom stereocenters. The molecule has 0 aliphatic carbocycles. The monoisotopic (exact) mass is 512 g/mol. The second kappa shape index (κ2) is 8.80. The minimum Gasteiger partial charge on any atom is -1.00 e. The van der Waals surface area contributed by atoms with Crippen LogP contribution in [0.2, 0.25) is 0 Å². The summed E-state index contributed by atoms with van der Waals surface area (Å²) < 4.78 is 2.12. The van der Waals surface area contributed by atoms with Gasteiger partial charge in [-0.05, 0) is 29.1 Å². The van der Waals surface area contributed by atoms with Crippen molar-refractivity contribution in [2.24, 2.45) is 0 Å². The van der Waals surface area contributed by atoms with Gasteiger partial charge >= 0.3 is 23.1 Å². The van der Waals surface area contributed by atoms with Crippen LogP contribution in [0.4, 0.5) is 11.4 Å². The van der Waals surface area contributed by atoms with Crippen molar-refractivity contribution in [3.05, 3.63) is 84.5 Å². The van der Waals surface area contributed by atoms with E-state index in [4.69, 9.17) is 6.57 Å². The SMILES string of the molecule is [C-]#[N+]c1ccc(-c2cc[c-]c3c2c2cc(N(C)C)ccc2n2ccnc32)cc1.[I-].[Mg+2]. The van der Waals surface area contributed by atoms with Crippen LogP contribution in [0.5, 0.6) is 0 Å². The number of aromatic nitrogens is 2. The first kappa shape index (κ1) is 22.3. The molecule has 142 valence electrons. The number of pyridine rings is 1. The van der Waals surface area contributed by atoms with Crippen LogP contribution < -0.4 is 28.9 Å². The number of imidazole rings is 1. The van der Waals surface area contributed by atoms with Crippen molar-refractivity contribution in [3.63, 3.8) is 0 Å². The zero-order valence-electron chi connectivity index (χ0n) is 16.7. The van der Waals surface area contributed by atoms with Crippen LogP contribution in [0.1, 0.15) is 0 Å². The number of hydrogen-bond acceptors (Lipinski definition) is 2. The summed E-state index contributed by atoms with van der Waals surface area (Å²) in [6, 6.07) is 21.7. The summed E-state index contributed by atoms with van der Waals surface area (Å²) in [4.78, 5) is 10.2. The third kappa shape index (κ3) is 3.51. The molecule has 5 aromatic rings. The molecule has 2 heterocycles. The standard InChI is InChI=1S/C24H17N4.HI.Mg/c1-25-17-9-7-16(8-10-17)19-5-4-6-20-23(19)21-15-18(27(2)3)11-12-22(21)28-14-13-26-24(20)28;;/h4-5,7-15H,2-3H3;1H;/q-1;;+2/p-1. The number of fused-ring (bicyclic) bond motifs is 6. The van der Waals surface area contributed by atoms with Crippen LogP contribution in [0.15, 0.2) is 67.0 Å². The number of nitrogens with zero attached hydrogens (tertiary/aromatic N) is 4. The summed E-state index contributed by atoms with van der Waals surface area (Å²) in [5.41, 5.74) is 6.01. The fourth-order valence-corrected chi connectivity index (χ4v) is 3.81. The van der Waals surface area contributed by atoms with E-state index < -0.39 is 0 Å². The molecular formula is C24H17IMgN4. The van der Waals surface area contributed by atoms with E-state index in [9.17, 15) is 0 Å². The van der Waals surface area contributed by atoms with E-state index in [0.717, 1.165) is 44.1 Å². The van der Waals surface area contributed by atoms with Crippen molar-refractivity contribution >= 4 is 61.8 Å². The van der Waals surface area contributed by atoms with Crippen molar-refractivity contribution in [3.8, 4) is 11.1 Å². The normalized spacial score (nSPS) is 10.4. The molecular weight excluding hydrogens is 496 g/mol. The summed E-state index contributed by atoms with van der Waals surface area (Å²) in [7, 11) is 4.10. The third-order valence-corrected chi connectivity index (χ3v) is 5.19. The fraction of sp³-hybridized carbons (Fsp3) is 0.0833. The predicted molar refractivity (Wildman–Crippen MR) is 121 cm³/mol. The van der Waals surface area contributed by atoms with Crippen molar-refractivity contribution in [1.82, 2.24) is 9.38 Å². The Labute approximate surface area is 208 Å². The molecule has 3 aromatic carbocycles. The molecule has 0 fully saturated rings. The van der Waals surface area contributed by atoms with Gasteiger partial charge in [0.25, 0.3) is 0 Å². The van der Waals surface area contributed by atoms with Gasteiger partial charge in [0.05, 0.1) is 12.2 Å². The maximum atomic E-state index is 7.20. The number of halogens is 1. The van der Waals surface area contributed by atoms with E-state index in [1.807, 2.05) is 42.7 Å². The Balaban J connectivity index is 0.00000128. The van der Waals surface area contributed by atoms with E-state index in [0.29, 0.717) is 5.69 Å². The summed E-state index contributed by atoms with van der Waals surface area (Å²) in [5, 5.41) is 3.29. The first-order chi connectivity index (χ1) is 13.7. The van der Waals surface area contributed by atoms with Gasteiger partial charge in [0.15, 0.2) is 5.69 Å². The largest absolute Gasteiger partial charge is 2.00 e. The van der Waals surface area contributed by atoms with Crippen LogP contribution >= 0.6 is 0 Å². The molecule has 0 amide bonds. The number of hydrogen-bond donors (Lipinski definition) is 0. The van der Waals surface area contributed by atoms with E-state index in [-0.39, 0.29) is 47.0 Å². The number of anilines is 1. The van der Waals surface area contributed by atoms with Gasteiger partial charge < -0.3 is 33.3 Å². The van der Waals surface area contributed by atoms with E-state index in [1.165, 1.54) is 0 Å². The van der Waals surface area contributed by atoms with Crippen LogP contribution in [-0.2, 0) is 0 Å². The molecule has 0 bridgehead atoms. The van der Waals surface area contributed by atoms with Crippen LogP contribution in [0.3, 0.4) is 0 Å². The molecule has 30 heavy (non-hydrogen) atoms. The van der Waals surface area contributed by atoms with Crippen molar-refractivity contribution < 1.29 is 24.0 Å². The molecule has 0 saturated heterocycles. The summed E-state index contributed by atoms with van der Waals surface area (Å²) in [6.07, 6.45) is 3.83. The fourth-order valence-electron chi connectivity index (χ4n) is 3.81. The smallest absolute Gasteiger partial charge is 1.00 e. The van der Waals surface area contributed by atoms with Crippen LogP contribution in [0, 0.1) is 12.6 Å². The Morgan fingerprint density at radius 1 is 1.07 bits per heavy atom. The zero-order valence-corrected chi connectivity index (χ0v) is 20.3. The third-order valence-electron chi connectivity index (χ3n) is 5.19. The summed E-state index contributed by atoms with van der Waals surface area (Å²) in [5.74, 6) is 0. The summed E-state index contributed by atoms with van der Waals surface area (Å²) >= 11 is 0. The maximum Gasteiger partial charge on any atom is 2.00 e. The van der Waals surface area contributed by atoms with E-state index in [1.54, 1.807) is 0 Å². The average molecular weight is 513 g/mol. The quantitative estimate of drug-likeness (QED) is 0.157. The van der Waals surface area contributed by atoms with Crippen LogP contribution in [-0.4, -0.2) is 46.5 Å². The van der Waals surface area contributed by atoms with Crippen molar-refractivity contribution in [2.75, 3.05) is 19.0 Å². The van der Waals surface area contributed by atoms with Crippen molar-refractivity contribution in [1.29, 1.82) is 0 Å². The molecule has 0 radical (unpaired) electrons. The molecule has 0 aliphatic heterocycles. The van der Waals surface area contributed by atoms with E-state index in [2.05, 4.69) is 63.6 Å². The molecule has 2 aromatic heterocycles. The molecule has 0 saturated carbocycles. The minimum absolute atomic E-state index is 0. The van der Waals surface area contributed by atoms with Gasteiger partial charge in [-0.25, -0.2) is 4.85 Å². The Morgan fingerprint density at radius 3 is 2.53 bits per heavy atom. The molecule has 0 N–H and O–H groups in total. The Bertz CT molecular complexity index is 1400. The topological polar surface area (TPSA) is 24.9 Å². The van der Waals surface area contributed by atoms with Gasteiger partial charge in [0.1, 0.15) is 0 Å². The van der Waals surface area contributed by atoms with Gasteiger partial charge in [-0.1, -0.05) is 40.6 Å². The molecule has 0 aliphatic rings.